The van der Waals surface area contributed by atoms with Gasteiger partial charge in [0, 0.05) is 12.6 Å². The molecule has 2 rings (SSSR count). The van der Waals surface area contributed by atoms with Crippen molar-refractivity contribution in [2.75, 3.05) is 13.2 Å². The van der Waals surface area contributed by atoms with E-state index in [4.69, 9.17) is 4.74 Å². The summed E-state index contributed by atoms with van der Waals surface area (Å²) >= 11 is 0. The fourth-order valence-electron chi connectivity index (χ4n) is 3.63. The molecule has 0 aromatic heterocycles. The summed E-state index contributed by atoms with van der Waals surface area (Å²) in [4.78, 5) is 0. The third-order valence-corrected chi connectivity index (χ3v) is 4.69. The van der Waals surface area contributed by atoms with Gasteiger partial charge in [0.25, 0.3) is 0 Å². The Morgan fingerprint density at radius 1 is 1.17 bits per heavy atom. The molecule has 18 heavy (non-hydrogen) atoms. The Morgan fingerprint density at radius 2 is 2.00 bits per heavy atom. The molecular weight excluding hydrogens is 222 g/mol. The van der Waals surface area contributed by atoms with E-state index in [9.17, 15) is 0 Å². The predicted octanol–water partition coefficient (Wildman–Crippen LogP) is 3.89. The summed E-state index contributed by atoms with van der Waals surface area (Å²) in [5, 5.41) is 3.80. The van der Waals surface area contributed by atoms with Crippen LogP contribution in [0.3, 0.4) is 0 Å². The molecule has 2 heteroatoms. The van der Waals surface area contributed by atoms with Crippen LogP contribution in [-0.2, 0) is 4.74 Å². The average Bonchev–Trinajstić information content (AvgIpc) is 3.05. The van der Waals surface area contributed by atoms with E-state index < -0.39 is 0 Å². The van der Waals surface area contributed by atoms with Crippen LogP contribution in [0, 0.1) is 5.92 Å². The molecule has 1 saturated carbocycles. The predicted molar refractivity (Wildman–Crippen MR) is 76.9 cm³/mol. The van der Waals surface area contributed by atoms with Gasteiger partial charge in [-0.25, -0.2) is 0 Å². The van der Waals surface area contributed by atoms with Crippen molar-refractivity contribution < 1.29 is 4.74 Å². The lowest BCUT2D eigenvalue weighted by atomic mass is 9.92. The van der Waals surface area contributed by atoms with E-state index in [2.05, 4.69) is 12.2 Å². The minimum atomic E-state index is 0.584. The second-order valence-electron chi connectivity index (χ2n) is 6.17. The zero-order valence-corrected chi connectivity index (χ0v) is 12.1. The van der Waals surface area contributed by atoms with Crippen LogP contribution in [0.5, 0.6) is 0 Å². The van der Waals surface area contributed by atoms with Gasteiger partial charge in [0.15, 0.2) is 0 Å². The van der Waals surface area contributed by atoms with E-state index in [0.29, 0.717) is 6.10 Å². The number of hydrogen-bond acceptors (Lipinski definition) is 2. The molecular formula is C16H31NO. The normalized spacial score (nSPS) is 26.8. The Labute approximate surface area is 113 Å². The van der Waals surface area contributed by atoms with Gasteiger partial charge < -0.3 is 10.1 Å². The lowest BCUT2D eigenvalue weighted by Gasteiger charge is -2.25. The molecule has 2 nitrogen and oxygen atoms in total. The molecule has 0 aromatic carbocycles. The van der Waals surface area contributed by atoms with Crippen LogP contribution in [-0.4, -0.2) is 25.3 Å². The third-order valence-electron chi connectivity index (χ3n) is 4.69. The molecule has 0 radical (unpaired) electrons. The maximum atomic E-state index is 5.72. The molecule has 0 amide bonds. The number of hydrogen-bond donors (Lipinski definition) is 1. The molecule has 1 aliphatic carbocycles. The van der Waals surface area contributed by atoms with Crippen LogP contribution in [0.25, 0.3) is 0 Å². The van der Waals surface area contributed by atoms with Gasteiger partial charge in [0.1, 0.15) is 0 Å². The third kappa shape index (κ3) is 4.55. The molecule has 1 saturated heterocycles. The standard InChI is InChI=1S/C16H31NO/c1-2-12-17-16(14-7-3-4-8-14)11-5-9-15-10-6-13-18-15/h14-17H,2-13H2,1H3. The largest absolute Gasteiger partial charge is 0.378 e. The van der Waals surface area contributed by atoms with Crippen LogP contribution < -0.4 is 5.32 Å². The second kappa shape index (κ2) is 8.16. The van der Waals surface area contributed by atoms with Gasteiger partial charge in [-0.15, -0.1) is 0 Å². The van der Waals surface area contributed by atoms with Crippen molar-refractivity contribution in [2.24, 2.45) is 5.92 Å². The van der Waals surface area contributed by atoms with Crippen LogP contribution in [0.2, 0.25) is 0 Å². The highest BCUT2D eigenvalue weighted by atomic mass is 16.5. The maximum absolute atomic E-state index is 5.72. The quantitative estimate of drug-likeness (QED) is 0.708. The molecule has 2 aliphatic rings. The number of ether oxygens (including phenoxy) is 1. The second-order valence-corrected chi connectivity index (χ2v) is 6.17. The van der Waals surface area contributed by atoms with Crippen molar-refractivity contribution in [2.45, 2.75) is 83.3 Å². The van der Waals surface area contributed by atoms with Gasteiger partial charge in [-0.2, -0.15) is 0 Å². The van der Waals surface area contributed by atoms with Crippen molar-refractivity contribution >= 4 is 0 Å². The van der Waals surface area contributed by atoms with Gasteiger partial charge in [-0.1, -0.05) is 19.8 Å². The minimum absolute atomic E-state index is 0.584. The molecule has 0 bridgehead atoms. The highest BCUT2D eigenvalue weighted by Gasteiger charge is 2.24. The summed E-state index contributed by atoms with van der Waals surface area (Å²) in [5.41, 5.74) is 0. The lowest BCUT2D eigenvalue weighted by Crippen LogP contribution is -2.35. The Morgan fingerprint density at radius 3 is 2.67 bits per heavy atom. The SMILES string of the molecule is CCCNC(CCCC1CCCO1)C1CCCC1. The maximum Gasteiger partial charge on any atom is 0.0576 e. The van der Waals surface area contributed by atoms with Crippen molar-refractivity contribution in [1.82, 2.24) is 5.32 Å². The Kier molecular flexibility index (Phi) is 6.50. The zero-order valence-electron chi connectivity index (χ0n) is 12.1. The minimum Gasteiger partial charge on any atom is -0.378 e. The van der Waals surface area contributed by atoms with Crippen LogP contribution >= 0.6 is 0 Å². The first-order chi connectivity index (χ1) is 8.90. The summed E-state index contributed by atoms with van der Waals surface area (Å²) in [6.45, 7) is 4.47. The Bertz CT molecular complexity index is 207. The van der Waals surface area contributed by atoms with E-state index in [1.54, 1.807) is 0 Å². The van der Waals surface area contributed by atoms with E-state index in [0.717, 1.165) is 18.6 Å². The number of nitrogens with one attached hydrogen (secondary N) is 1. The molecule has 1 N–H and O–H groups in total. The van der Waals surface area contributed by atoms with Crippen LogP contribution in [0.4, 0.5) is 0 Å². The highest BCUT2D eigenvalue weighted by molar-refractivity contribution is 4.81. The lowest BCUT2D eigenvalue weighted by molar-refractivity contribution is 0.100. The molecule has 2 fully saturated rings. The molecule has 2 unspecified atom stereocenters. The highest BCUT2D eigenvalue weighted by Crippen LogP contribution is 2.30. The van der Waals surface area contributed by atoms with Crippen LogP contribution in [0.15, 0.2) is 0 Å². The van der Waals surface area contributed by atoms with Crippen molar-refractivity contribution in [3.63, 3.8) is 0 Å². The van der Waals surface area contributed by atoms with E-state index in [1.165, 1.54) is 70.8 Å². The summed E-state index contributed by atoms with van der Waals surface area (Å²) in [6.07, 6.45) is 14.3. The van der Waals surface area contributed by atoms with E-state index >= 15 is 0 Å². The molecule has 106 valence electrons. The van der Waals surface area contributed by atoms with Gasteiger partial charge in [-0.3, -0.25) is 0 Å². The topological polar surface area (TPSA) is 21.3 Å². The molecule has 0 spiro atoms. The molecule has 0 aromatic rings. The first kappa shape index (κ1) is 14.3. The van der Waals surface area contributed by atoms with Crippen molar-refractivity contribution in [1.29, 1.82) is 0 Å². The summed E-state index contributed by atoms with van der Waals surface area (Å²) < 4.78 is 5.72. The van der Waals surface area contributed by atoms with Crippen LogP contribution in [0.1, 0.15) is 71.1 Å². The van der Waals surface area contributed by atoms with Gasteiger partial charge >= 0.3 is 0 Å². The average molecular weight is 253 g/mol. The first-order valence-electron chi connectivity index (χ1n) is 8.25. The Balaban J connectivity index is 1.66. The zero-order chi connectivity index (χ0) is 12.6. The monoisotopic (exact) mass is 253 g/mol. The van der Waals surface area contributed by atoms with Gasteiger partial charge in [0.05, 0.1) is 6.10 Å². The smallest absolute Gasteiger partial charge is 0.0576 e. The summed E-state index contributed by atoms with van der Waals surface area (Å²) in [7, 11) is 0. The van der Waals surface area contributed by atoms with E-state index in [-0.39, 0.29) is 0 Å². The van der Waals surface area contributed by atoms with Gasteiger partial charge in [0.2, 0.25) is 0 Å². The molecule has 1 heterocycles. The Hall–Kier alpha value is -0.0800. The number of rotatable bonds is 8. The summed E-state index contributed by atoms with van der Waals surface area (Å²) in [5.74, 6) is 0.959. The van der Waals surface area contributed by atoms with Crippen molar-refractivity contribution in [3.05, 3.63) is 0 Å². The molecule has 2 atom stereocenters. The van der Waals surface area contributed by atoms with Crippen molar-refractivity contribution in [3.8, 4) is 0 Å². The first-order valence-corrected chi connectivity index (χ1v) is 8.25. The van der Waals surface area contributed by atoms with E-state index in [1.807, 2.05) is 0 Å². The summed E-state index contributed by atoms with van der Waals surface area (Å²) in [6, 6.07) is 0.786. The fraction of sp³-hybridized carbons (Fsp3) is 1.00. The van der Waals surface area contributed by atoms with Gasteiger partial charge in [-0.05, 0) is 63.8 Å². The fourth-order valence-corrected chi connectivity index (χ4v) is 3.63. The molecule has 1 aliphatic heterocycles.